The van der Waals surface area contributed by atoms with Crippen LogP contribution in [0.25, 0.3) is 0 Å². The summed E-state index contributed by atoms with van der Waals surface area (Å²) < 4.78 is 69.6. The zero-order chi connectivity index (χ0) is 21.3. The molecule has 0 bridgehead atoms. The molecule has 5 nitrogen and oxygen atoms in total. The minimum absolute atomic E-state index is 0.232. The Morgan fingerprint density at radius 3 is 2.18 bits per heavy atom. The highest BCUT2D eigenvalue weighted by atomic mass is 32.2. The van der Waals surface area contributed by atoms with E-state index in [4.69, 9.17) is 4.74 Å². The van der Waals surface area contributed by atoms with E-state index in [9.17, 15) is 26.4 Å². The lowest BCUT2D eigenvalue weighted by molar-refractivity contribution is -0.137. The molecule has 0 atom stereocenters. The summed E-state index contributed by atoms with van der Waals surface area (Å²) in [6, 6.07) is 3.82. The molecule has 28 heavy (non-hydrogen) atoms. The number of halogens is 3. The Balaban J connectivity index is 2.04. The largest absolute Gasteiger partial charge is 0.446 e. The van der Waals surface area contributed by atoms with Crippen LogP contribution in [0.2, 0.25) is 0 Å². The van der Waals surface area contributed by atoms with Crippen LogP contribution in [0.15, 0.2) is 29.2 Å². The van der Waals surface area contributed by atoms with E-state index in [-0.39, 0.29) is 17.7 Å². The van der Waals surface area contributed by atoms with Gasteiger partial charge in [-0.25, -0.2) is 13.2 Å². The predicted octanol–water partition coefficient (Wildman–Crippen LogP) is 4.66. The Morgan fingerprint density at radius 1 is 1.11 bits per heavy atom. The van der Waals surface area contributed by atoms with E-state index in [1.807, 2.05) is 20.8 Å². The van der Waals surface area contributed by atoms with Crippen molar-refractivity contribution in [2.45, 2.75) is 74.4 Å². The second-order valence-corrected chi connectivity index (χ2v) is 10.3. The molecule has 0 spiro atoms. The summed E-state index contributed by atoms with van der Waals surface area (Å²) >= 11 is 0. The summed E-state index contributed by atoms with van der Waals surface area (Å²) in [7, 11) is -2.26. The second kappa shape index (κ2) is 7.93. The zero-order valence-electron chi connectivity index (χ0n) is 16.4. The van der Waals surface area contributed by atoms with Crippen molar-refractivity contribution in [1.29, 1.82) is 0 Å². The average Bonchev–Trinajstić information content (AvgIpc) is 2.60. The number of alkyl halides is 3. The Labute approximate surface area is 163 Å². The van der Waals surface area contributed by atoms with Gasteiger partial charge in [-0.3, -0.25) is 0 Å². The van der Waals surface area contributed by atoms with Gasteiger partial charge in [-0.1, -0.05) is 6.07 Å². The number of rotatable bonds is 3. The molecule has 0 radical (unpaired) electrons. The van der Waals surface area contributed by atoms with Gasteiger partial charge in [-0.15, -0.1) is 0 Å². The molecule has 0 N–H and O–H groups in total. The van der Waals surface area contributed by atoms with Crippen molar-refractivity contribution in [2.24, 2.45) is 0 Å². The number of carbonyl (C=O) groups excluding carboxylic acids is 1. The highest BCUT2D eigenvalue weighted by molar-refractivity contribution is 7.92. The van der Waals surface area contributed by atoms with Gasteiger partial charge in [-0.2, -0.15) is 13.2 Å². The number of ether oxygens (including phenoxy) is 1. The molecule has 1 aromatic carbocycles. The van der Waals surface area contributed by atoms with E-state index in [0.29, 0.717) is 18.9 Å². The maximum absolute atomic E-state index is 12.9. The van der Waals surface area contributed by atoms with Gasteiger partial charge in [0.05, 0.1) is 15.7 Å². The van der Waals surface area contributed by atoms with Crippen LogP contribution in [0.5, 0.6) is 0 Å². The third kappa shape index (κ3) is 5.18. The molecule has 0 saturated heterocycles. The van der Waals surface area contributed by atoms with Crippen LogP contribution in [0, 0.1) is 0 Å². The normalized spacial score (nSPS) is 21.2. The van der Waals surface area contributed by atoms with Crippen LogP contribution >= 0.6 is 0 Å². The number of benzene rings is 1. The average molecular weight is 421 g/mol. The fraction of sp³-hybridized carbons (Fsp3) is 0.632. The highest BCUT2D eigenvalue weighted by Gasteiger charge is 2.36. The van der Waals surface area contributed by atoms with E-state index in [2.05, 4.69) is 0 Å². The first kappa shape index (κ1) is 22.5. The van der Waals surface area contributed by atoms with Crippen LogP contribution in [0.4, 0.5) is 18.0 Å². The van der Waals surface area contributed by atoms with Crippen molar-refractivity contribution in [3.8, 4) is 0 Å². The number of carbonyl (C=O) groups is 1. The van der Waals surface area contributed by atoms with Gasteiger partial charge in [0.25, 0.3) is 0 Å². The van der Waals surface area contributed by atoms with Gasteiger partial charge in [0.2, 0.25) is 0 Å². The van der Waals surface area contributed by atoms with E-state index in [1.165, 1.54) is 11.0 Å². The number of sulfone groups is 1. The first-order valence-electron chi connectivity index (χ1n) is 9.08. The van der Waals surface area contributed by atoms with Gasteiger partial charge in [0.15, 0.2) is 9.84 Å². The van der Waals surface area contributed by atoms with Crippen LogP contribution < -0.4 is 0 Å². The first-order chi connectivity index (χ1) is 12.7. The molecule has 1 saturated carbocycles. The van der Waals surface area contributed by atoms with Crippen LogP contribution in [0.3, 0.4) is 0 Å². The zero-order valence-corrected chi connectivity index (χ0v) is 17.2. The quantitative estimate of drug-likeness (QED) is 0.712. The molecule has 0 aromatic heterocycles. The first-order valence-corrected chi connectivity index (χ1v) is 10.6. The number of hydrogen-bond donors (Lipinski definition) is 0. The van der Waals surface area contributed by atoms with Crippen molar-refractivity contribution < 1.29 is 31.1 Å². The molecule has 0 heterocycles. The predicted molar refractivity (Wildman–Crippen MR) is 98.7 cm³/mol. The fourth-order valence-corrected chi connectivity index (χ4v) is 4.83. The minimum Gasteiger partial charge on any atom is -0.446 e. The van der Waals surface area contributed by atoms with Crippen LogP contribution in [0.1, 0.15) is 52.0 Å². The third-order valence-corrected chi connectivity index (χ3v) is 7.36. The van der Waals surface area contributed by atoms with Gasteiger partial charge in [0.1, 0.15) is 6.10 Å². The van der Waals surface area contributed by atoms with Gasteiger partial charge in [0, 0.05) is 12.6 Å². The highest BCUT2D eigenvalue weighted by Crippen LogP contribution is 2.34. The van der Waals surface area contributed by atoms with Crippen LogP contribution in [-0.2, 0) is 20.8 Å². The van der Waals surface area contributed by atoms with E-state index in [0.717, 1.165) is 12.1 Å². The van der Waals surface area contributed by atoms with Gasteiger partial charge < -0.3 is 9.64 Å². The fourth-order valence-electron chi connectivity index (χ4n) is 3.00. The third-order valence-electron chi connectivity index (χ3n) is 5.10. The molecule has 158 valence electrons. The van der Waals surface area contributed by atoms with E-state index in [1.54, 1.807) is 7.05 Å². The van der Waals surface area contributed by atoms with Crippen molar-refractivity contribution in [3.63, 3.8) is 0 Å². The Kier molecular flexibility index (Phi) is 6.37. The SMILES string of the molecule is CN(C(=O)OC1CCC(S(=O)(=O)c2cccc(C(F)(F)F)c2)CC1)C(C)(C)C. The van der Waals surface area contributed by atoms with Crippen molar-refractivity contribution in [1.82, 2.24) is 4.90 Å². The summed E-state index contributed by atoms with van der Waals surface area (Å²) in [5, 5.41) is -0.786. The van der Waals surface area contributed by atoms with E-state index >= 15 is 0 Å². The number of amides is 1. The number of nitrogens with zero attached hydrogens (tertiary/aromatic N) is 1. The summed E-state index contributed by atoms with van der Waals surface area (Å²) in [5.74, 6) is 0. The lowest BCUT2D eigenvalue weighted by Gasteiger charge is -2.34. The van der Waals surface area contributed by atoms with Crippen molar-refractivity contribution in [2.75, 3.05) is 7.05 Å². The maximum atomic E-state index is 12.9. The van der Waals surface area contributed by atoms with E-state index < -0.39 is 44.6 Å². The van der Waals surface area contributed by atoms with Crippen LogP contribution in [-0.4, -0.2) is 43.4 Å². The second-order valence-electron chi connectivity index (χ2n) is 8.08. The Morgan fingerprint density at radius 2 is 1.68 bits per heavy atom. The summed E-state index contributed by atoms with van der Waals surface area (Å²) in [4.78, 5) is 13.3. The maximum Gasteiger partial charge on any atom is 0.416 e. The summed E-state index contributed by atoms with van der Waals surface area (Å²) in [6.45, 7) is 5.60. The molecule has 1 amide bonds. The van der Waals surface area contributed by atoms with Gasteiger partial charge in [-0.05, 0) is 64.7 Å². The molecule has 1 aliphatic rings. The summed E-state index contributed by atoms with van der Waals surface area (Å²) in [6.07, 6.45) is -4.30. The molecule has 0 unspecified atom stereocenters. The number of hydrogen-bond acceptors (Lipinski definition) is 4. The van der Waals surface area contributed by atoms with Crippen molar-refractivity contribution in [3.05, 3.63) is 29.8 Å². The molecule has 1 fully saturated rings. The summed E-state index contributed by atoms with van der Waals surface area (Å²) in [5.41, 5.74) is -1.39. The molecule has 1 aromatic rings. The van der Waals surface area contributed by atoms with Crippen molar-refractivity contribution >= 4 is 15.9 Å². The molecule has 0 aliphatic heterocycles. The molecule has 9 heteroatoms. The standard InChI is InChI=1S/C19H26F3NO4S/c1-18(2,3)23(4)17(24)27-14-8-10-15(11-9-14)28(25,26)16-7-5-6-13(12-16)19(20,21)22/h5-7,12,14-15H,8-11H2,1-4H3. The lowest BCUT2D eigenvalue weighted by atomic mass is 9.97. The minimum atomic E-state index is -4.60. The Bertz CT molecular complexity index is 807. The smallest absolute Gasteiger partial charge is 0.416 e. The lowest BCUT2D eigenvalue weighted by Crippen LogP contribution is -2.44. The molecular formula is C19H26F3NO4S. The molecule has 2 rings (SSSR count). The van der Waals surface area contributed by atoms with Gasteiger partial charge >= 0.3 is 12.3 Å². The topological polar surface area (TPSA) is 63.7 Å². The molecule has 1 aliphatic carbocycles. The molecular weight excluding hydrogens is 395 g/mol. The monoisotopic (exact) mass is 421 g/mol. The Hall–Kier alpha value is -1.77.